The number of hydrogen-bond acceptors (Lipinski definition) is 2. The lowest BCUT2D eigenvalue weighted by atomic mass is 10.1. The van der Waals surface area contributed by atoms with Gasteiger partial charge in [0.15, 0.2) is 0 Å². The second-order valence-electron chi connectivity index (χ2n) is 4.30. The standard InChI is InChI=1S/C15H13ClOS/c16-14-8-4-5-11-9-12(17-15(11)14)10-18-13-6-2-1-3-7-13/h1-8,12H,9-10H2. The minimum Gasteiger partial charge on any atom is -0.487 e. The van der Waals surface area contributed by atoms with Crippen LogP contribution in [0, 0.1) is 0 Å². The first kappa shape index (κ1) is 11.9. The van der Waals surface area contributed by atoms with E-state index in [9.17, 15) is 0 Å². The summed E-state index contributed by atoms with van der Waals surface area (Å²) < 4.78 is 5.91. The Kier molecular flexibility index (Phi) is 3.48. The highest BCUT2D eigenvalue weighted by Crippen LogP contribution is 2.36. The van der Waals surface area contributed by atoms with Crippen molar-refractivity contribution in [1.82, 2.24) is 0 Å². The number of para-hydroxylation sites is 1. The normalized spacial score (nSPS) is 17.3. The lowest BCUT2D eigenvalue weighted by molar-refractivity contribution is 0.259. The zero-order chi connectivity index (χ0) is 12.4. The van der Waals surface area contributed by atoms with Crippen molar-refractivity contribution in [2.75, 3.05) is 5.75 Å². The van der Waals surface area contributed by atoms with E-state index in [0.29, 0.717) is 0 Å². The summed E-state index contributed by atoms with van der Waals surface area (Å²) in [6.45, 7) is 0. The van der Waals surface area contributed by atoms with Gasteiger partial charge in [-0.1, -0.05) is 41.9 Å². The monoisotopic (exact) mass is 276 g/mol. The van der Waals surface area contributed by atoms with Gasteiger partial charge in [-0.25, -0.2) is 0 Å². The van der Waals surface area contributed by atoms with Crippen LogP contribution >= 0.6 is 23.4 Å². The topological polar surface area (TPSA) is 9.23 Å². The molecule has 0 spiro atoms. The molecule has 0 aliphatic carbocycles. The van der Waals surface area contributed by atoms with Gasteiger partial charge in [-0.2, -0.15) is 0 Å². The number of rotatable bonds is 3. The van der Waals surface area contributed by atoms with Crippen molar-refractivity contribution >= 4 is 23.4 Å². The van der Waals surface area contributed by atoms with Crippen molar-refractivity contribution in [1.29, 1.82) is 0 Å². The summed E-state index contributed by atoms with van der Waals surface area (Å²) in [4.78, 5) is 1.28. The second kappa shape index (κ2) is 5.25. The van der Waals surface area contributed by atoms with Crippen LogP contribution in [0.3, 0.4) is 0 Å². The van der Waals surface area contributed by atoms with Crippen LogP contribution in [-0.4, -0.2) is 11.9 Å². The molecular weight excluding hydrogens is 264 g/mol. The molecule has 1 aliphatic rings. The average Bonchev–Trinajstić information content (AvgIpc) is 2.82. The summed E-state index contributed by atoms with van der Waals surface area (Å²) in [6.07, 6.45) is 1.18. The van der Waals surface area contributed by atoms with Gasteiger partial charge in [0.25, 0.3) is 0 Å². The first-order valence-electron chi connectivity index (χ1n) is 5.95. The Morgan fingerprint density at radius 3 is 2.72 bits per heavy atom. The van der Waals surface area contributed by atoms with Crippen LogP contribution in [0.2, 0.25) is 5.02 Å². The fourth-order valence-electron chi connectivity index (χ4n) is 2.10. The molecule has 2 aromatic rings. The Hall–Kier alpha value is -1.12. The maximum Gasteiger partial charge on any atom is 0.141 e. The van der Waals surface area contributed by atoms with E-state index in [0.717, 1.165) is 22.9 Å². The number of fused-ring (bicyclic) bond motifs is 1. The lowest BCUT2D eigenvalue weighted by Crippen LogP contribution is -2.15. The van der Waals surface area contributed by atoms with Crippen molar-refractivity contribution in [2.45, 2.75) is 17.4 Å². The molecule has 1 atom stereocenters. The molecule has 18 heavy (non-hydrogen) atoms. The first-order chi connectivity index (χ1) is 8.83. The number of thioether (sulfide) groups is 1. The maximum absolute atomic E-state index is 6.12. The van der Waals surface area contributed by atoms with Crippen LogP contribution in [0.1, 0.15) is 5.56 Å². The maximum atomic E-state index is 6.12. The number of ether oxygens (including phenoxy) is 1. The number of hydrogen-bond donors (Lipinski definition) is 0. The fraction of sp³-hybridized carbons (Fsp3) is 0.200. The van der Waals surface area contributed by atoms with Crippen molar-refractivity contribution in [3.8, 4) is 5.75 Å². The van der Waals surface area contributed by atoms with Gasteiger partial charge in [0.05, 0.1) is 5.02 Å². The highest BCUT2D eigenvalue weighted by Gasteiger charge is 2.24. The second-order valence-corrected chi connectivity index (χ2v) is 5.80. The van der Waals surface area contributed by atoms with Crippen molar-refractivity contribution < 1.29 is 4.74 Å². The molecular formula is C15H13ClOS. The summed E-state index contributed by atoms with van der Waals surface area (Å²) in [7, 11) is 0. The molecule has 1 nitrogen and oxygen atoms in total. The Balaban J connectivity index is 1.63. The number of halogens is 1. The van der Waals surface area contributed by atoms with E-state index in [1.165, 1.54) is 10.5 Å². The molecule has 0 aromatic heterocycles. The van der Waals surface area contributed by atoms with E-state index in [1.54, 1.807) is 0 Å². The predicted molar refractivity (Wildman–Crippen MR) is 76.7 cm³/mol. The number of benzene rings is 2. The van der Waals surface area contributed by atoms with Crippen LogP contribution in [0.15, 0.2) is 53.4 Å². The molecule has 0 fully saturated rings. The van der Waals surface area contributed by atoms with E-state index >= 15 is 0 Å². The quantitative estimate of drug-likeness (QED) is 0.767. The van der Waals surface area contributed by atoms with Crippen LogP contribution in [-0.2, 0) is 6.42 Å². The predicted octanol–water partition coefficient (Wildman–Crippen LogP) is 4.44. The molecule has 0 amide bonds. The minimum absolute atomic E-state index is 0.227. The van der Waals surface area contributed by atoms with E-state index in [4.69, 9.17) is 16.3 Å². The van der Waals surface area contributed by atoms with Gasteiger partial charge < -0.3 is 4.74 Å². The third-order valence-corrected chi connectivity index (χ3v) is 4.40. The van der Waals surface area contributed by atoms with E-state index < -0.39 is 0 Å². The van der Waals surface area contributed by atoms with Gasteiger partial charge in [-0.15, -0.1) is 11.8 Å². The van der Waals surface area contributed by atoms with Gasteiger partial charge in [0, 0.05) is 17.1 Å². The molecule has 1 aliphatic heterocycles. The summed E-state index contributed by atoms with van der Waals surface area (Å²) in [5.41, 5.74) is 1.22. The smallest absolute Gasteiger partial charge is 0.141 e. The molecule has 0 radical (unpaired) electrons. The van der Waals surface area contributed by atoms with Gasteiger partial charge in [0.2, 0.25) is 0 Å². The molecule has 92 valence electrons. The van der Waals surface area contributed by atoms with Crippen LogP contribution in [0.25, 0.3) is 0 Å². The van der Waals surface area contributed by atoms with Crippen LogP contribution in [0.5, 0.6) is 5.75 Å². The molecule has 0 saturated heterocycles. The zero-order valence-corrected chi connectivity index (χ0v) is 11.4. The van der Waals surface area contributed by atoms with Crippen LogP contribution in [0.4, 0.5) is 0 Å². The van der Waals surface area contributed by atoms with E-state index in [-0.39, 0.29) is 6.10 Å². The summed E-state index contributed by atoms with van der Waals surface area (Å²) in [6, 6.07) is 16.4. The van der Waals surface area contributed by atoms with Gasteiger partial charge in [-0.05, 0) is 23.8 Å². The fourth-order valence-corrected chi connectivity index (χ4v) is 3.25. The van der Waals surface area contributed by atoms with Crippen molar-refractivity contribution in [2.24, 2.45) is 0 Å². The van der Waals surface area contributed by atoms with Gasteiger partial charge >= 0.3 is 0 Å². The summed E-state index contributed by atoms with van der Waals surface area (Å²) in [5.74, 6) is 1.83. The molecule has 3 heteroatoms. The molecule has 1 heterocycles. The highest BCUT2D eigenvalue weighted by molar-refractivity contribution is 7.99. The third-order valence-electron chi connectivity index (χ3n) is 2.96. The highest BCUT2D eigenvalue weighted by atomic mass is 35.5. The van der Waals surface area contributed by atoms with Crippen molar-refractivity contribution in [3.05, 3.63) is 59.1 Å². The Labute approximate surface area is 116 Å². The molecule has 2 aromatic carbocycles. The summed E-state index contributed by atoms with van der Waals surface area (Å²) in [5, 5.41) is 0.722. The largest absolute Gasteiger partial charge is 0.487 e. The van der Waals surface area contributed by atoms with Crippen molar-refractivity contribution in [3.63, 3.8) is 0 Å². The molecule has 0 N–H and O–H groups in total. The zero-order valence-electron chi connectivity index (χ0n) is 9.80. The first-order valence-corrected chi connectivity index (χ1v) is 7.31. The van der Waals surface area contributed by atoms with Gasteiger partial charge in [-0.3, -0.25) is 0 Å². The lowest BCUT2D eigenvalue weighted by Gasteiger charge is -2.10. The summed E-state index contributed by atoms with van der Waals surface area (Å²) >= 11 is 7.95. The Bertz CT molecular complexity index is 541. The van der Waals surface area contributed by atoms with E-state index in [2.05, 4.69) is 30.3 Å². The average molecular weight is 277 g/mol. The molecule has 3 rings (SSSR count). The SMILES string of the molecule is Clc1cccc2c1OC(CSc1ccccc1)C2. The molecule has 1 unspecified atom stereocenters. The molecule has 0 saturated carbocycles. The Morgan fingerprint density at radius 2 is 1.94 bits per heavy atom. The minimum atomic E-state index is 0.227. The van der Waals surface area contributed by atoms with Gasteiger partial charge in [0.1, 0.15) is 11.9 Å². The molecule has 0 bridgehead atoms. The Morgan fingerprint density at radius 1 is 1.11 bits per heavy atom. The van der Waals surface area contributed by atoms with E-state index in [1.807, 2.05) is 30.0 Å². The van der Waals surface area contributed by atoms with Crippen LogP contribution < -0.4 is 4.74 Å². The third kappa shape index (κ3) is 2.50.